The lowest BCUT2D eigenvalue weighted by Gasteiger charge is -2.35. The maximum absolute atomic E-state index is 14.7. The van der Waals surface area contributed by atoms with Gasteiger partial charge in [0.05, 0.1) is 17.6 Å². The number of alkyl halides is 1. The minimum Gasteiger partial charge on any atom is -0.364 e. The van der Waals surface area contributed by atoms with Crippen molar-refractivity contribution in [1.29, 1.82) is 0 Å². The van der Waals surface area contributed by atoms with Gasteiger partial charge < -0.3 is 5.32 Å². The predicted molar refractivity (Wildman–Crippen MR) is 99.9 cm³/mol. The van der Waals surface area contributed by atoms with Crippen molar-refractivity contribution in [2.24, 2.45) is 0 Å². The van der Waals surface area contributed by atoms with Gasteiger partial charge in [0.1, 0.15) is 18.3 Å². The Morgan fingerprint density at radius 1 is 1.27 bits per heavy atom. The molecule has 1 aliphatic heterocycles. The smallest absolute Gasteiger partial charge is 0.160 e. The van der Waals surface area contributed by atoms with Gasteiger partial charge in [-0.3, -0.25) is 10.00 Å². The fourth-order valence-corrected chi connectivity index (χ4v) is 3.43. The fourth-order valence-electron chi connectivity index (χ4n) is 3.43. The standard InChI is InChI=1S/C19H23FN6/c1-13-2-4-14(5-3-13)6-8-26-9-7-17(16(20)11-26)24-18-15-10-23-25-19(15)22-12-21-18/h2-5,10,12,16-17H,6-9,11H2,1H3,(H2,21,22,23,24,25)/t16-,17-/m0/s1. The summed E-state index contributed by atoms with van der Waals surface area (Å²) in [5.41, 5.74) is 3.23. The number of halogens is 1. The van der Waals surface area contributed by atoms with Crippen LogP contribution in [0.1, 0.15) is 17.5 Å². The van der Waals surface area contributed by atoms with Crippen molar-refractivity contribution in [1.82, 2.24) is 25.1 Å². The molecule has 0 bridgehead atoms. The Kier molecular flexibility index (Phi) is 4.79. The van der Waals surface area contributed by atoms with Crippen LogP contribution >= 0.6 is 0 Å². The first kappa shape index (κ1) is 16.9. The summed E-state index contributed by atoms with van der Waals surface area (Å²) in [6, 6.07) is 8.33. The van der Waals surface area contributed by atoms with Gasteiger partial charge in [-0.05, 0) is 25.3 Å². The molecule has 0 amide bonds. The summed E-state index contributed by atoms with van der Waals surface area (Å²) in [5, 5.41) is 10.8. The highest BCUT2D eigenvalue weighted by Crippen LogP contribution is 2.22. The maximum atomic E-state index is 14.7. The Morgan fingerprint density at radius 2 is 2.12 bits per heavy atom. The molecule has 2 atom stereocenters. The van der Waals surface area contributed by atoms with Crippen molar-refractivity contribution in [3.63, 3.8) is 0 Å². The molecular formula is C19H23FN6. The molecule has 7 heteroatoms. The number of H-pyrrole nitrogens is 1. The molecule has 4 rings (SSSR count). The van der Waals surface area contributed by atoms with Gasteiger partial charge in [0.2, 0.25) is 0 Å². The third kappa shape index (κ3) is 3.67. The van der Waals surface area contributed by atoms with Crippen molar-refractivity contribution >= 4 is 16.9 Å². The Balaban J connectivity index is 1.33. The summed E-state index contributed by atoms with van der Waals surface area (Å²) in [7, 11) is 0. The first-order chi connectivity index (χ1) is 12.7. The van der Waals surface area contributed by atoms with Gasteiger partial charge in [-0.2, -0.15) is 5.10 Å². The van der Waals surface area contributed by atoms with E-state index in [1.807, 2.05) is 0 Å². The second-order valence-corrected chi connectivity index (χ2v) is 6.95. The summed E-state index contributed by atoms with van der Waals surface area (Å²) in [6.07, 6.45) is 3.90. The van der Waals surface area contributed by atoms with E-state index in [2.05, 4.69) is 61.6 Å². The van der Waals surface area contributed by atoms with Gasteiger partial charge in [0.15, 0.2) is 5.65 Å². The Bertz CT molecular complexity index is 862. The van der Waals surface area contributed by atoms with Crippen LogP contribution in [0.3, 0.4) is 0 Å². The zero-order chi connectivity index (χ0) is 17.9. The SMILES string of the molecule is Cc1ccc(CCN2CC[C@H](Nc3ncnc4[nH]ncc34)[C@@H](F)C2)cc1. The van der Waals surface area contributed by atoms with Gasteiger partial charge >= 0.3 is 0 Å². The number of hydrogen-bond acceptors (Lipinski definition) is 5. The number of nitrogens with zero attached hydrogens (tertiary/aromatic N) is 4. The number of anilines is 1. The Hall–Kier alpha value is -2.54. The molecule has 0 unspecified atom stereocenters. The van der Waals surface area contributed by atoms with E-state index in [1.165, 1.54) is 17.5 Å². The molecule has 2 N–H and O–H groups in total. The lowest BCUT2D eigenvalue weighted by molar-refractivity contribution is 0.127. The first-order valence-electron chi connectivity index (χ1n) is 9.01. The van der Waals surface area contributed by atoms with E-state index in [-0.39, 0.29) is 6.04 Å². The highest BCUT2D eigenvalue weighted by Gasteiger charge is 2.29. The van der Waals surface area contributed by atoms with E-state index >= 15 is 0 Å². The molecule has 1 aliphatic rings. The number of benzene rings is 1. The van der Waals surface area contributed by atoms with Crippen molar-refractivity contribution in [2.45, 2.75) is 32.0 Å². The van der Waals surface area contributed by atoms with Crippen molar-refractivity contribution < 1.29 is 4.39 Å². The molecular weight excluding hydrogens is 331 g/mol. The van der Waals surface area contributed by atoms with Crippen molar-refractivity contribution in [2.75, 3.05) is 25.0 Å². The van der Waals surface area contributed by atoms with Crippen molar-refractivity contribution in [3.8, 4) is 0 Å². The average molecular weight is 354 g/mol. The molecule has 0 aliphatic carbocycles. The highest BCUT2D eigenvalue weighted by molar-refractivity contribution is 5.85. The third-order valence-electron chi connectivity index (χ3n) is 5.03. The van der Waals surface area contributed by atoms with E-state index in [1.54, 1.807) is 6.20 Å². The number of aromatic amines is 1. The van der Waals surface area contributed by atoms with E-state index in [4.69, 9.17) is 0 Å². The van der Waals surface area contributed by atoms with E-state index in [0.29, 0.717) is 18.0 Å². The number of aromatic nitrogens is 4. The number of fused-ring (bicyclic) bond motifs is 1. The molecule has 1 aromatic carbocycles. The van der Waals surface area contributed by atoms with Crippen molar-refractivity contribution in [3.05, 3.63) is 47.9 Å². The Morgan fingerprint density at radius 3 is 2.92 bits per heavy atom. The quantitative estimate of drug-likeness (QED) is 0.737. The number of likely N-dealkylation sites (tertiary alicyclic amines) is 1. The molecule has 3 aromatic rings. The monoisotopic (exact) mass is 354 g/mol. The van der Waals surface area contributed by atoms with E-state index < -0.39 is 6.17 Å². The van der Waals surface area contributed by atoms with Gasteiger partial charge in [0, 0.05) is 19.6 Å². The number of aryl methyl sites for hydroxylation is 1. The second kappa shape index (κ2) is 7.37. The third-order valence-corrected chi connectivity index (χ3v) is 5.03. The minimum atomic E-state index is -0.932. The van der Waals surface area contributed by atoms with Gasteiger partial charge in [-0.15, -0.1) is 0 Å². The maximum Gasteiger partial charge on any atom is 0.160 e. The lowest BCUT2D eigenvalue weighted by atomic mass is 10.0. The molecule has 6 nitrogen and oxygen atoms in total. The normalized spacial score (nSPS) is 21.2. The van der Waals surface area contributed by atoms with E-state index in [0.717, 1.165) is 31.3 Å². The zero-order valence-electron chi connectivity index (χ0n) is 14.8. The van der Waals surface area contributed by atoms with Crippen LogP contribution in [0, 0.1) is 6.92 Å². The van der Waals surface area contributed by atoms with Crippen LogP contribution in [-0.2, 0) is 6.42 Å². The van der Waals surface area contributed by atoms with Gasteiger partial charge in [-0.1, -0.05) is 29.8 Å². The molecule has 0 spiro atoms. The molecule has 136 valence electrons. The first-order valence-corrected chi connectivity index (χ1v) is 9.01. The van der Waals surface area contributed by atoms with Gasteiger partial charge in [-0.25, -0.2) is 14.4 Å². The summed E-state index contributed by atoms with van der Waals surface area (Å²) < 4.78 is 14.7. The van der Waals surface area contributed by atoms with Crippen LogP contribution in [0.25, 0.3) is 11.0 Å². The summed E-state index contributed by atoms with van der Waals surface area (Å²) >= 11 is 0. The number of piperidine rings is 1. The topological polar surface area (TPSA) is 69.7 Å². The highest BCUT2D eigenvalue weighted by atomic mass is 19.1. The summed E-state index contributed by atoms with van der Waals surface area (Å²) in [6.45, 7) is 4.30. The molecule has 26 heavy (non-hydrogen) atoms. The van der Waals surface area contributed by atoms with Crippen LogP contribution in [0.5, 0.6) is 0 Å². The lowest BCUT2D eigenvalue weighted by Crippen LogP contribution is -2.48. The van der Waals surface area contributed by atoms with Gasteiger partial charge in [0.25, 0.3) is 0 Å². The molecule has 3 heterocycles. The summed E-state index contributed by atoms with van der Waals surface area (Å²) in [5.74, 6) is 0.643. The molecule has 2 aromatic heterocycles. The van der Waals surface area contributed by atoms with Crippen LogP contribution in [0.15, 0.2) is 36.8 Å². The molecule has 1 fully saturated rings. The predicted octanol–water partition coefficient (Wildman–Crippen LogP) is 2.73. The number of rotatable bonds is 5. The van der Waals surface area contributed by atoms with Crippen LogP contribution in [0.2, 0.25) is 0 Å². The molecule has 1 saturated heterocycles. The van der Waals surface area contributed by atoms with E-state index in [9.17, 15) is 4.39 Å². The molecule has 0 saturated carbocycles. The fraction of sp³-hybridized carbons (Fsp3) is 0.421. The minimum absolute atomic E-state index is 0.237. The van der Waals surface area contributed by atoms with Crippen LogP contribution in [-0.4, -0.2) is 56.9 Å². The second-order valence-electron chi connectivity index (χ2n) is 6.95. The zero-order valence-corrected chi connectivity index (χ0v) is 14.8. The van der Waals surface area contributed by atoms with Crippen LogP contribution in [0.4, 0.5) is 10.2 Å². The number of hydrogen-bond donors (Lipinski definition) is 2. The largest absolute Gasteiger partial charge is 0.364 e. The summed E-state index contributed by atoms with van der Waals surface area (Å²) in [4.78, 5) is 10.6. The number of nitrogens with one attached hydrogen (secondary N) is 2. The average Bonchev–Trinajstić information content (AvgIpc) is 3.13. The molecule has 0 radical (unpaired) electrons. The Labute approximate surface area is 151 Å². The van der Waals surface area contributed by atoms with Crippen LogP contribution < -0.4 is 5.32 Å².